The average molecular weight is 406 g/mol. The number of nitrogens with two attached hydrogens (primary N) is 1. The number of carbonyl (C=O) groups is 1. The molecular formula is C23H48ClNO2. The van der Waals surface area contributed by atoms with Gasteiger partial charge in [-0.3, -0.25) is 4.79 Å². The lowest BCUT2D eigenvalue weighted by atomic mass is 10.0. The number of esters is 1. The van der Waals surface area contributed by atoms with E-state index in [1.165, 1.54) is 103 Å². The molecule has 0 aliphatic rings. The number of quaternary nitrogens is 1. The number of hydrogen-bond acceptors (Lipinski definition) is 2. The molecule has 0 saturated heterocycles. The van der Waals surface area contributed by atoms with Crippen LogP contribution in [0.5, 0.6) is 0 Å². The highest BCUT2D eigenvalue weighted by Gasteiger charge is 2.02. The molecule has 3 nitrogen and oxygen atoms in total. The number of ether oxygens (including phenoxy) is 1. The van der Waals surface area contributed by atoms with E-state index in [9.17, 15) is 4.79 Å². The van der Waals surface area contributed by atoms with E-state index in [-0.39, 0.29) is 18.4 Å². The number of carbonyl (C=O) groups excluding carboxylic acids is 1. The zero-order valence-corrected chi connectivity index (χ0v) is 19.2. The summed E-state index contributed by atoms with van der Waals surface area (Å²) < 4.78 is 4.92. The van der Waals surface area contributed by atoms with E-state index in [2.05, 4.69) is 12.2 Å². The Hall–Kier alpha value is -0.280. The van der Waals surface area contributed by atoms with Gasteiger partial charge in [0.05, 0.1) is 26.1 Å². The molecule has 0 aromatic rings. The van der Waals surface area contributed by atoms with Crippen molar-refractivity contribution in [1.29, 1.82) is 0 Å². The Bertz CT molecular complexity index is 288. The van der Waals surface area contributed by atoms with Crippen molar-refractivity contribution >= 4 is 5.97 Å². The van der Waals surface area contributed by atoms with Crippen LogP contribution in [0, 0.1) is 0 Å². The molecule has 0 saturated carbocycles. The summed E-state index contributed by atoms with van der Waals surface area (Å²) in [5, 5.41) is 2.25. The van der Waals surface area contributed by atoms with Crippen molar-refractivity contribution in [2.75, 3.05) is 19.7 Å². The standard InChI is InChI=1S/C23H47NO2.ClH/c1-3-5-6-7-8-9-10-11-12-13-14-15-16-17-18-19-21-24-22-20-23(25)26-4-2;/h24H,3-22H2,1-2H3;1H. The van der Waals surface area contributed by atoms with Crippen molar-refractivity contribution in [2.45, 2.75) is 123 Å². The van der Waals surface area contributed by atoms with Gasteiger partial charge in [-0.1, -0.05) is 96.8 Å². The van der Waals surface area contributed by atoms with Crippen molar-refractivity contribution < 1.29 is 27.3 Å². The van der Waals surface area contributed by atoms with Gasteiger partial charge in [-0.15, -0.1) is 0 Å². The van der Waals surface area contributed by atoms with Crippen molar-refractivity contribution in [1.82, 2.24) is 0 Å². The monoisotopic (exact) mass is 405 g/mol. The van der Waals surface area contributed by atoms with E-state index < -0.39 is 0 Å². The molecule has 0 rings (SSSR count). The van der Waals surface area contributed by atoms with Crippen LogP contribution in [0.15, 0.2) is 0 Å². The molecule has 0 atom stereocenters. The van der Waals surface area contributed by atoms with Crippen molar-refractivity contribution in [3.8, 4) is 0 Å². The first-order valence-electron chi connectivity index (χ1n) is 11.8. The number of halogens is 1. The number of hydrogen-bond donors (Lipinski definition) is 1. The Balaban J connectivity index is 0. The summed E-state index contributed by atoms with van der Waals surface area (Å²) in [6.07, 6.45) is 23.2. The maximum absolute atomic E-state index is 11.2. The molecule has 4 heteroatoms. The van der Waals surface area contributed by atoms with Crippen LogP contribution in [-0.2, 0) is 9.53 Å². The third-order valence-electron chi connectivity index (χ3n) is 5.12. The fourth-order valence-corrected chi connectivity index (χ4v) is 3.43. The molecule has 0 aliphatic heterocycles. The normalized spacial score (nSPS) is 10.6. The molecular weight excluding hydrogens is 358 g/mol. The van der Waals surface area contributed by atoms with Gasteiger partial charge in [0.1, 0.15) is 0 Å². The average Bonchev–Trinajstić information content (AvgIpc) is 2.64. The van der Waals surface area contributed by atoms with Gasteiger partial charge in [0, 0.05) is 0 Å². The maximum atomic E-state index is 11.2. The zero-order chi connectivity index (χ0) is 19.1. The van der Waals surface area contributed by atoms with E-state index in [0.29, 0.717) is 13.0 Å². The van der Waals surface area contributed by atoms with Crippen molar-refractivity contribution in [2.24, 2.45) is 0 Å². The lowest BCUT2D eigenvalue weighted by molar-refractivity contribution is -0.654. The number of unbranched alkanes of at least 4 members (excludes halogenated alkanes) is 15. The molecule has 0 bridgehead atoms. The predicted molar refractivity (Wildman–Crippen MR) is 112 cm³/mol. The molecule has 2 N–H and O–H groups in total. The summed E-state index contributed by atoms with van der Waals surface area (Å²) in [5.41, 5.74) is 0. The molecule has 0 radical (unpaired) electrons. The number of rotatable bonds is 21. The summed E-state index contributed by atoms with van der Waals surface area (Å²) in [7, 11) is 0. The molecule has 0 unspecified atom stereocenters. The topological polar surface area (TPSA) is 42.9 Å². The SMILES string of the molecule is CCCCCCCCCCCCCCCCCC[NH2+]CCC(=O)OCC.[Cl-]. The minimum Gasteiger partial charge on any atom is -1.00 e. The fourth-order valence-electron chi connectivity index (χ4n) is 3.43. The first kappa shape index (κ1) is 28.9. The highest BCUT2D eigenvalue weighted by Crippen LogP contribution is 2.13. The van der Waals surface area contributed by atoms with Gasteiger partial charge in [0.15, 0.2) is 0 Å². The van der Waals surface area contributed by atoms with Gasteiger partial charge in [-0.2, -0.15) is 0 Å². The Morgan fingerprint density at radius 3 is 1.44 bits per heavy atom. The van der Waals surface area contributed by atoms with Gasteiger partial charge in [-0.25, -0.2) is 0 Å². The fraction of sp³-hybridized carbons (Fsp3) is 0.957. The summed E-state index contributed by atoms with van der Waals surface area (Å²) in [6, 6.07) is 0. The van der Waals surface area contributed by atoms with E-state index in [1.54, 1.807) is 0 Å². The Morgan fingerprint density at radius 1 is 0.630 bits per heavy atom. The predicted octanol–water partition coefficient (Wildman–Crippen LogP) is 2.77. The van der Waals surface area contributed by atoms with Crippen LogP contribution in [0.2, 0.25) is 0 Å². The second kappa shape index (κ2) is 25.7. The van der Waals surface area contributed by atoms with Crippen LogP contribution in [0.3, 0.4) is 0 Å². The van der Waals surface area contributed by atoms with Gasteiger partial charge >= 0.3 is 5.97 Å². The molecule has 0 aromatic heterocycles. The lowest BCUT2D eigenvalue weighted by Gasteiger charge is -2.04. The third kappa shape index (κ3) is 25.7. The quantitative estimate of drug-likeness (QED) is 0.235. The van der Waals surface area contributed by atoms with Crippen LogP contribution in [0.4, 0.5) is 0 Å². The third-order valence-corrected chi connectivity index (χ3v) is 5.12. The van der Waals surface area contributed by atoms with E-state index in [1.807, 2.05) is 6.92 Å². The zero-order valence-electron chi connectivity index (χ0n) is 18.4. The first-order chi connectivity index (χ1) is 12.8. The van der Waals surface area contributed by atoms with Gasteiger partial charge < -0.3 is 22.5 Å². The maximum Gasteiger partial charge on any atom is 0.311 e. The Labute approximate surface area is 176 Å². The molecule has 0 aliphatic carbocycles. The van der Waals surface area contributed by atoms with Crippen molar-refractivity contribution in [3.63, 3.8) is 0 Å². The molecule has 0 fully saturated rings. The Morgan fingerprint density at radius 2 is 1.04 bits per heavy atom. The molecule has 0 amide bonds. The molecule has 0 aromatic carbocycles. The van der Waals surface area contributed by atoms with Crippen LogP contribution < -0.4 is 17.7 Å². The second-order valence-electron chi connectivity index (χ2n) is 7.72. The summed E-state index contributed by atoms with van der Waals surface area (Å²) in [4.78, 5) is 11.2. The lowest BCUT2D eigenvalue weighted by Crippen LogP contribution is -3.00. The minimum atomic E-state index is -0.0595. The van der Waals surface area contributed by atoms with Gasteiger partial charge in [0.2, 0.25) is 0 Å². The van der Waals surface area contributed by atoms with E-state index >= 15 is 0 Å². The molecule has 27 heavy (non-hydrogen) atoms. The van der Waals surface area contributed by atoms with Gasteiger partial charge in [-0.05, 0) is 19.8 Å². The molecule has 164 valence electrons. The van der Waals surface area contributed by atoms with Crippen molar-refractivity contribution in [3.05, 3.63) is 0 Å². The van der Waals surface area contributed by atoms with Crippen LogP contribution >= 0.6 is 0 Å². The van der Waals surface area contributed by atoms with E-state index in [0.717, 1.165) is 13.1 Å². The summed E-state index contributed by atoms with van der Waals surface area (Å²) in [6.45, 7) is 6.67. The van der Waals surface area contributed by atoms with Crippen LogP contribution in [-0.4, -0.2) is 25.7 Å². The largest absolute Gasteiger partial charge is 1.00 e. The highest BCUT2D eigenvalue weighted by atomic mass is 35.5. The Kier molecular flexibility index (Phi) is 27.6. The summed E-state index contributed by atoms with van der Waals surface area (Å²) >= 11 is 0. The highest BCUT2D eigenvalue weighted by molar-refractivity contribution is 5.69. The smallest absolute Gasteiger partial charge is 0.311 e. The molecule has 0 heterocycles. The minimum absolute atomic E-state index is 0. The van der Waals surface area contributed by atoms with Crippen LogP contribution in [0.25, 0.3) is 0 Å². The molecule has 0 spiro atoms. The van der Waals surface area contributed by atoms with Gasteiger partial charge in [0.25, 0.3) is 0 Å². The van der Waals surface area contributed by atoms with Crippen LogP contribution in [0.1, 0.15) is 123 Å². The first-order valence-corrected chi connectivity index (χ1v) is 11.8. The second-order valence-corrected chi connectivity index (χ2v) is 7.72. The summed E-state index contributed by atoms with van der Waals surface area (Å²) in [5.74, 6) is -0.0595. The van der Waals surface area contributed by atoms with E-state index in [4.69, 9.17) is 4.74 Å².